The van der Waals surface area contributed by atoms with Gasteiger partial charge in [-0.05, 0) is 31.1 Å². The van der Waals surface area contributed by atoms with Crippen molar-refractivity contribution in [2.75, 3.05) is 58.7 Å². The Morgan fingerprint density at radius 3 is 2.36 bits per heavy atom. The van der Waals surface area contributed by atoms with Gasteiger partial charge < -0.3 is 39.6 Å². The Kier molecular flexibility index (Phi) is 17.7. The van der Waals surface area contributed by atoms with Crippen molar-refractivity contribution in [3.05, 3.63) is 41.5 Å². The molecule has 1 aliphatic rings. The zero-order chi connectivity index (χ0) is 29.0. The van der Waals surface area contributed by atoms with Gasteiger partial charge in [-0.25, -0.2) is 4.79 Å². The lowest BCUT2D eigenvalue weighted by Gasteiger charge is -2.17. The Labute approximate surface area is 230 Å². The van der Waals surface area contributed by atoms with Crippen LogP contribution in [0.1, 0.15) is 49.5 Å². The molecule has 0 fully saturated rings. The average Bonchev–Trinajstić information content (AvgIpc) is 2.91. The van der Waals surface area contributed by atoms with Crippen LogP contribution in [-0.4, -0.2) is 98.7 Å². The molecule has 1 aromatic carbocycles. The molecule has 0 saturated carbocycles. The van der Waals surface area contributed by atoms with E-state index in [1.165, 1.54) is 24.3 Å². The van der Waals surface area contributed by atoms with Crippen molar-refractivity contribution in [1.82, 2.24) is 5.32 Å². The van der Waals surface area contributed by atoms with E-state index in [9.17, 15) is 24.9 Å². The maximum absolute atomic E-state index is 12.8. The first-order valence-electron chi connectivity index (χ1n) is 13.2. The second kappa shape index (κ2) is 20.2. The highest BCUT2D eigenvalue weighted by Gasteiger charge is 2.23. The minimum absolute atomic E-state index is 0.0186. The quantitative estimate of drug-likeness (QED) is 0.147. The van der Waals surface area contributed by atoms with Crippen LogP contribution < -0.4 is 10.6 Å². The Bertz CT molecular complexity index is 921. The summed E-state index contributed by atoms with van der Waals surface area (Å²) in [6, 6.07) is 3.08. The molecule has 11 nitrogen and oxygen atoms in total. The summed E-state index contributed by atoms with van der Waals surface area (Å²) in [4.78, 5) is 24.8. The maximum atomic E-state index is 12.8. The number of phenolic OH excluding ortho intramolecular Hbond substituents is 1. The van der Waals surface area contributed by atoms with Crippen molar-refractivity contribution in [1.29, 1.82) is 0 Å². The van der Waals surface area contributed by atoms with E-state index in [0.29, 0.717) is 57.5 Å². The molecule has 0 saturated heterocycles. The minimum Gasteiger partial charge on any atom is -0.507 e. The number of fused-ring (bicyclic) bond motifs is 1. The second-order valence-electron chi connectivity index (χ2n) is 8.44. The number of aliphatic hydroxyl groups excluding tert-OH is 2. The summed E-state index contributed by atoms with van der Waals surface area (Å²) in [5, 5.41) is 37.1. The lowest BCUT2D eigenvalue weighted by molar-refractivity contribution is -0.127. The van der Waals surface area contributed by atoms with Crippen LogP contribution in [0.25, 0.3) is 6.08 Å². The molecule has 11 heteroatoms. The SMILES string of the molecule is CC.COCCOCCOCCNCNc1cc(O)c2c(c1)/C=C/CC(O)C(O)C(=O)/C=C\CC(C)OC2=O. The lowest BCUT2D eigenvalue weighted by atomic mass is 10.0. The summed E-state index contributed by atoms with van der Waals surface area (Å²) < 4.78 is 21.1. The second-order valence-corrected chi connectivity index (χ2v) is 8.44. The first kappa shape index (κ1) is 34.2. The summed E-state index contributed by atoms with van der Waals surface area (Å²) in [5.74, 6) is -1.61. The molecule has 39 heavy (non-hydrogen) atoms. The normalized spacial score (nSPS) is 21.5. The highest BCUT2D eigenvalue weighted by atomic mass is 16.5. The molecule has 5 N–H and O–H groups in total. The van der Waals surface area contributed by atoms with Crippen LogP contribution in [0.15, 0.2) is 30.4 Å². The van der Waals surface area contributed by atoms with Crippen molar-refractivity contribution in [2.24, 2.45) is 0 Å². The number of esters is 1. The van der Waals surface area contributed by atoms with E-state index < -0.39 is 30.1 Å². The largest absolute Gasteiger partial charge is 0.507 e. The van der Waals surface area contributed by atoms with Gasteiger partial charge in [0, 0.05) is 31.8 Å². The Hall–Kier alpha value is -2.80. The first-order valence-corrected chi connectivity index (χ1v) is 13.2. The third-order valence-corrected chi connectivity index (χ3v) is 5.39. The first-order chi connectivity index (χ1) is 18.8. The molecule has 0 aliphatic carbocycles. The molecule has 1 aromatic rings. The van der Waals surface area contributed by atoms with E-state index in [1.807, 2.05) is 13.8 Å². The summed E-state index contributed by atoms with van der Waals surface area (Å²) in [6.45, 7) is 9.14. The Balaban J connectivity index is 0.00000371. The van der Waals surface area contributed by atoms with Crippen LogP contribution >= 0.6 is 0 Å². The number of carbonyl (C=O) groups excluding carboxylic acids is 2. The zero-order valence-electron chi connectivity index (χ0n) is 23.4. The number of hydrogen-bond donors (Lipinski definition) is 5. The van der Waals surface area contributed by atoms with Crippen molar-refractivity contribution in [2.45, 2.75) is 51.9 Å². The van der Waals surface area contributed by atoms with Gasteiger partial charge in [-0.2, -0.15) is 0 Å². The molecule has 3 unspecified atom stereocenters. The van der Waals surface area contributed by atoms with Crippen molar-refractivity contribution in [3.8, 4) is 5.75 Å². The number of aliphatic hydroxyl groups is 2. The third kappa shape index (κ3) is 13.2. The van der Waals surface area contributed by atoms with Crippen LogP contribution in [0.4, 0.5) is 5.69 Å². The van der Waals surface area contributed by atoms with Gasteiger partial charge in [0.2, 0.25) is 0 Å². The number of rotatable bonds is 12. The number of cyclic esters (lactones) is 1. The van der Waals surface area contributed by atoms with Gasteiger partial charge >= 0.3 is 5.97 Å². The van der Waals surface area contributed by atoms with Gasteiger partial charge in [0.05, 0.1) is 45.8 Å². The summed E-state index contributed by atoms with van der Waals surface area (Å²) in [7, 11) is 1.62. The fourth-order valence-electron chi connectivity index (χ4n) is 3.38. The summed E-state index contributed by atoms with van der Waals surface area (Å²) in [5.41, 5.74) is 0.883. The van der Waals surface area contributed by atoms with Crippen molar-refractivity contribution in [3.63, 3.8) is 0 Å². The molecule has 0 bridgehead atoms. The van der Waals surface area contributed by atoms with E-state index in [1.54, 1.807) is 20.1 Å². The molecule has 220 valence electrons. The smallest absolute Gasteiger partial charge is 0.342 e. The van der Waals surface area contributed by atoms with Crippen LogP contribution in [-0.2, 0) is 23.7 Å². The number of methoxy groups -OCH3 is 1. The monoisotopic (exact) mass is 552 g/mol. The van der Waals surface area contributed by atoms with Gasteiger partial charge in [0.15, 0.2) is 5.78 Å². The number of nitrogens with one attached hydrogen (secondary N) is 2. The van der Waals surface area contributed by atoms with Gasteiger partial charge in [-0.15, -0.1) is 0 Å². The fraction of sp³-hybridized carbons (Fsp3) is 0.571. The molecule has 0 aromatic heterocycles. The number of anilines is 1. The molecular weight excluding hydrogens is 508 g/mol. The van der Waals surface area contributed by atoms with E-state index in [4.69, 9.17) is 18.9 Å². The maximum Gasteiger partial charge on any atom is 0.342 e. The predicted molar refractivity (Wildman–Crippen MR) is 149 cm³/mol. The number of benzene rings is 1. The van der Waals surface area contributed by atoms with Gasteiger partial charge in [-0.3, -0.25) is 10.1 Å². The molecule has 2 rings (SSSR count). The molecular formula is C28H44N2O9. The predicted octanol–water partition coefficient (Wildman–Crippen LogP) is 2.26. The lowest BCUT2D eigenvalue weighted by Crippen LogP contribution is -2.32. The van der Waals surface area contributed by atoms with Crippen molar-refractivity contribution < 1.29 is 43.9 Å². The van der Waals surface area contributed by atoms with Gasteiger partial charge in [-0.1, -0.05) is 32.1 Å². The van der Waals surface area contributed by atoms with E-state index in [-0.39, 0.29) is 24.2 Å². The van der Waals surface area contributed by atoms with Crippen LogP contribution in [0.5, 0.6) is 5.75 Å². The van der Waals surface area contributed by atoms with Gasteiger partial charge in [0.25, 0.3) is 0 Å². The van der Waals surface area contributed by atoms with Crippen LogP contribution in [0, 0.1) is 0 Å². The number of ether oxygens (including phenoxy) is 4. The fourth-order valence-corrected chi connectivity index (χ4v) is 3.38. The van der Waals surface area contributed by atoms with E-state index in [2.05, 4.69) is 10.6 Å². The average molecular weight is 553 g/mol. The zero-order valence-corrected chi connectivity index (χ0v) is 23.4. The third-order valence-electron chi connectivity index (χ3n) is 5.39. The molecule has 0 radical (unpaired) electrons. The van der Waals surface area contributed by atoms with E-state index in [0.717, 1.165) is 6.08 Å². The number of aromatic hydroxyl groups is 1. The Morgan fingerprint density at radius 2 is 1.64 bits per heavy atom. The summed E-state index contributed by atoms with van der Waals surface area (Å²) >= 11 is 0. The Morgan fingerprint density at radius 1 is 0.974 bits per heavy atom. The number of ketones is 1. The molecule has 0 spiro atoms. The number of phenols is 1. The molecule has 1 aliphatic heterocycles. The van der Waals surface area contributed by atoms with Crippen LogP contribution in [0.3, 0.4) is 0 Å². The number of carbonyl (C=O) groups is 2. The minimum atomic E-state index is -1.57. The standard InChI is InChI=1S/C26H38N2O9.C2H6/c1-18-5-3-7-21(29)25(32)22(30)8-4-6-19-15-20(16-23(31)24(19)26(33)37-18)28-17-27-9-10-35-13-14-36-12-11-34-2;1-2/h3-4,6-7,15-16,18,22,25,27-28,30-32H,5,8-14,17H2,1-2H3;1-2H3/b6-4+,7-3-;. The highest BCUT2D eigenvalue weighted by molar-refractivity contribution is 5.97. The molecule has 1 heterocycles. The summed E-state index contributed by atoms with van der Waals surface area (Å²) in [6.07, 6.45) is 2.40. The molecule has 3 atom stereocenters. The van der Waals surface area contributed by atoms with E-state index >= 15 is 0 Å². The topological polar surface area (TPSA) is 156 Å². The van der Waals surface area contributed by atoms with Gasteiger partial charge in [0.1, 0.15) is 23.5 Å². The number of hydrogen-bond acceptors (Lipinski definition) is 11. The van der Waals surface area contributed by atoms with Crippen molar-refractivity contribution >= 4 is 23.5 Å². The van der Waals surface area contributed by atoms with Crippen LogP contribution in [0.2, 0.25) is 0 Å². The molecule has 0 amide bonds. The highest BCUT2D eigenvalue weighted by Crippen LogP contribution is 2.29.